The minimum absolute atomic E-state index is 0.0644. The molecule has 112 valence electrons. The molecule has 1 aliphatic rings. The van der Waals surface area contributed by atoms with Crippen molar-refractivity contribution in [3.05, 3.63) is 28.5 Å². The molecule has 0 saturated heterocycles. The third-order valence-corrected chi connectivity index (χ3v) is 5.12. The number of anilines is 1. The number of hydrogen-bond donors (Lipinski definition) is 2. The third-order valence-electron chi connectivity index (χ3n) is 4.51. The monoisotopic (exact) mass is 342 g/mol. The van der Waals surface area contributed by atoms with Gasteiger partial charge >= 0.3 is 0 Å². The maximum atomic E-state index is 13.3. The second kappa shape index (κ2) is 6.02. The van der Waals surface area contributed by atoms with Crippen LogP contribution in [0.3, 0.4) is 0 Å². The van der Waals surface area contributed by atoms with Crippen LogP contribution in [-0.2, 0) is 0 Å². The highest BCUT2D eigenvalue weighted by Crippen LogP contribution is 2.39. The molecule has 1 aliphatic carbocycles. The Hall–Kier alpha value is -0.610. The van der Waals surface area contributed by atoms with Crippen LogP contribution < -0.4 is 11.1 Å². The quantitative estimate of drug-likeness (QED) is 0.782. The van der Waals surface area contributed by atoms with Crippen LogP contribution in [0, 0.1) is 11.2 Å². The smallest absolute Gasteiger partial charge is 0.137 e. The van der Waals surface area contributed by atoms with Crippen molar-refractivity contribution in [3.8, 4) is 0 Å². The fraction of sp³-hybridized carbons (Fsp3) is 0.625. The van der Waals surface area contributed by atoms with Gasteiger partial charge in [-0.2, -0.15) is 0 Å². The van der Waals surface area contributed by atoms with E-state index < -0.39 is 0 Å². The molecule has 1 saturated carbocycles. The molecular formula is C16H24BrFN2. The summed E-state index contributed by atoms with van der Waals surface area (Å²) >= 11 is 3.24. The van der Waals surface area contributed by atoms with Gasteiger partial charge in [0.2, 0.25) is 0 Å². The molecule has 0 radical (unpaired) electrons. The van der Waals surface area contributed by atoms with Crippen molar-refractivity contribution in [2.45, 2.75) is 51.5 Å². The Labute approximate surface area is 129 Å². The van der Waals surface area contributed by atoms with Gasteiger partial charge < -0.3 is 11.1 Å². The maximum Gasteiger partial charge on any atom is 0.137 e. The van der Waals surface area contributed by atoms with E-state index in [1.165, 1.54) is 25.3 Å². The van der Waals surface area contributed by atoms with E-state index in [4.69, 9.17) is 5.73 Å². The number of benzene rings is 1. The largest absolute Gasteiger partial charge is 0.378 e. The van der Waals surface area contributed by atoms with Crippen LogP contribution >= 0.6 is 15.9 Å². The lowest BCUT2D eigenvalue weighted by molar-refractivity contribution is 0.305. The highest BCUT2D eigenvalue weighted by Gasteiger charge is 2.34. The molecule has 1 aromatic carbocycles. The van der Waals surface area contributed by atoms with E-state index in [1.807, 2.05) is 0 Å². The van der Waals surface area contributed by atoms with Crippen LogP contribution in [0.1, 0.15) is 46.0 Å². The zero-order valence-electron chi connectivity index (χ0n) is 12.3. The second-order valence-corrected chi connectivity index (χ2v) is 7.61. The molecule has 2 nitrogen and oxygen atoms in total. The van der Waals surface area contributed by atoms with Crippen LogP contribution in [-0.4, -0.2) is 12.1 Å². The van der Waals surface area contributed by atoms with Gasteiger partial charge in [0.25, 0.3) is 0 Å². The van der Waals surface area contributed by atoms with Crippen LogP contribution in [0.5, 0.6) is 0 Å². The van der Waals surface area contributed by atoms with Gasteiger partial charge in [0, 0.05) is 17.8 Å². The van der Waals surface area contributed by atoms with Crippen molar-refractivity contribution >= 4 is 21.6 Å². The topological polar surface area (TPSA) is 38.0 Å². The van der Waals surface area contributed by atoms with Gasteiger partial charge in [-0.05, 0) is 65.2 Å². The van der Waals surface area contributed by atoms with Crippen molar-refractivity contribution in [2.24, 2.45) is 11.1 Å². The van der Waals surface area contributed by atoms with Crippen molar-refractivity contribution in [1.82, 2.24) is 0 Å². The summed E-state index contributed by atoms with van der Waals surface area (Å²) in [5.41, 5.74) is 7.32. The first-order valence-corrected chi connectivity index (χ1v) is 8.09. The van der Waals surface area contributed by atoms with Crippen LogP contribution in [0.25, 0.3) is 0 Å². The fourth-order valence-electron chi connectivity index (χ4n) is 2.99. The Balaban J connectivity index is 2.16. The van der Waals surface area contributed by atoms with Gasteiger partial charge in [-0.15, -0.1) is 0 Å². The molecule has 2 rings (SSSR count). The van der Waals surface area contributed by atoms with E-state index in [0.29, 0.717) is 16.4 Å². The molecule has 0 aromatic heterocycles. The van der Waals surface area contributed by atoms with Crippen LogP contribution in [0.4, 0.5) is 10.1 Å². The molecule has 0 heterocycles. The Bertz CT molecular complexity index is 476. The molecule has 0 bridgehead atoms. The Morgan fingerprint density at radius 3 is 2.65 bits per heavy atom. The van der Waals surface area contributed by atoms with E-state index in [2.05, 4.69) is 35.1 Å². The van der Waals surface area contributed by atoms with Gasteiger partial charge in [0.05, 0.1) is 4.47 Å². The Morgan fingerprint density at radius 1 is 1.25 bits per heavy atom. The normalized spacial score (nSPS) is 26.1. The summed E-state index contributed by atoms with van der Waals surface area (Å²) in [4.78, 5) is 0. The van der Waals surface area contributed by atoms with Crippen molar-refractivity contribution in [1.29, 1.82) is 0 Å². The van der Waals surface area contributed by atoms with Gasteiger partial charge in [-0.1, -0.05) is 20.3 Å². The number of rotatable bonds is 3. The highest BCUT2D eigenvalue weighted by molar-refractivity contribution is 9.10. The van der Waals surface area contributed by atoms with Crippen LogP contribution in [0.2, 0.25) is 0 Å². The molecular weight excluding hydrogens is 319 g/mol. The minimum Gasteiger partial charge on any atom is -0.378 e. The van der Waals surface area contributed by atoms with Crippen molar-refractivity contribution in [2.75, 3.05) is 11.9 Å². The fourth-order valence-corrected chi connectivity index (χ4v) is 3.37. The zero-order chi connectivity index (χ0) is 14.8. The zero-order valence-corrected chi connectivity index (χ0v) is 13.9. The lowest BCUT2D eigenvalue weighted by Crippen LogP contribution is -2.45. The van der Waals surface area contributed by atoms with Gasteiger partial charge in [-0.3, -0.25) is 0 Å². The highest BCUT2D eigenvalue weighted by atomic mass is 79.9. The molecule has 1 fully saturated rings. The molecule has 0 amide bonds. The summed E-state index contributed by atoms with van der Waals surface area (Å²) in [6, 6.07) is 5.06. The molecule has 4 heteroatoms. The first-order chi connectivity index (χ1) is 9.36. The predicted molar refractivity (Wildman–Crippen MR) is 86.4 cm³/mol. The second-order valence-electron chi connectivity index (χ2n) is 6.76. The van der Waals surface area contributed by atoms with E-state index in [1.54, 1.807) is 12.1 Å². The molecule has 1 atom stereocenters. The minimum atomic E-state index is -0.237. The summed E-state index contributed by atoms with van der Waals surface area (Å²) in [6.07, 6.45) is 5.72. The van der Waals surface area contributed by atoms with E-state index in [0.717, 1.165) is 18.5 Å². The molecule has 1 aromatic rings. The average Bonchev–Trinajstić information content (AvgIpc) is 2.54. The van der Waals surface area contributed by atoms with Crippen molar-refractivity contribution < 1.29 is 4.39 Å². The van der Waals surface area contributed by atoms with Gasteiger partial charge in [0.15, 0.2) is 0 Å². The number of nitrogens with one attached hydrogen (secondary N) is 1. The van der Waals surface area contributed by atoms with Crippen molar-refractivity contribution in [3.63, 3.8) is 0 Å². The predicted octanol–water partition coefficient (Wildman–Crippen LogP) is 4.69. The molecule has 20 heavy (non-hydrogen) atoms. The number of hydrogen-bond acceptors (Lipinski definition) is 2. The summed E-state index contributed by atoms with van der Waals surface area (Å²) in [5, 5.41) is 3.57. The maximum absolute atomic E-state index is 13.3. The number of halogens is 2. The third kappa shape index (κ3) is 3.73. The first kappa shape index (κ1) is 15.8. The summed E-state index contributed by atoms with van der Waals surface area (Å²) < 4.78 is 13.8. The lowest BCUT2D eigenvalue weighted by atomic mass is 9.83. The van der Waals surface area contributed by atoms with Crippen LogP contribution in [0.15, 0.2) is 22.7 Å². The Morgan fingerprint density at radius 2 is 2.00 bits per heavy atom. The summed E-state index contributed by atoms with van der Waals surface area (Å²) in [5.74, 6) is -0.237. The van der Waals surface area contributed by atoms with Gasteiger partial charge in [-0.25, -0.2) is 4.39 Å². The lowest BCUT2D eigenvalue weighted by Gasteiger charge is -2.34. The van der Waals surface area contributed by atoms with E-state index in [9.17, 15) is 4.39 Å². The molecule has 1 unspecified atom stereocenters. The standard InChI is InChI=1S/C16H24BrFN2/c1-15(2)6-3-7-16(11-19,9-8-15)20-12-4-5-14(18)13(17)10-12/h4-5,10,20H,3,6-9,11,19H2,1-2H3. The Kier molecular flexibility index (Phi) is 4.75. The molecule has 0 spiro atoms. The first-order valence-electron chi connectivity index (χ1n) is 7.29. The summed E-state index contributed by atoms with van der Waals surface area (Å²) in [7, 11) is 0. The van der Waals surface area contributed by atoms with Gasteiger partial charge in [0.1, 0.15) is 5.82 Å². The number of nitrogens with two attached hydrogens (primary N) is 1. The molecule has 3 N–H and O–H groups in total. The average molecular weight is 343 g/mol. The SMILES string of the molecule is CC1(C)CCCC(CN)(Nc2ccc(F)c(Br)c2)CC1. The van der Waals surface area contributed by atoms with E-state index in [-0.39, 0.29) is 11.4 Å². The summed E-state index contributed by atoms with van der Waals surface area (Å²) in [6.45, 7) is 5.26. The molecule has 0 aliphatic heterocycles. The van der Waals surface area contributed by atoms with E-state index >= 15 is 0 Å².